The summed E-state index contributed by atoms with van der Waals surface area (Å²) in [6, 6.07) is 1.78. The topological polar surface area (TPSA) is 17.8 Å². The van der Waals surface area contributed by atoms with E-state index in [4.69, 9.17) is 0 Å². The molecule has 0 N–H and O–H groups in total. The van der Waals surface area contributed by atoms with Gasteiger partial charge in [0.1, 0.15) is 0 Å². The fraction of sp³-hybridized carbons (Fsp3) is 0. The lowest BCUT2D eigenvalue weighted by Crippen LogP contribution is -1.73. The van der Waals surface area contributed by atoms with Gasteiger partial charge >= 0.3 is 0 Å². The molecule has 0 aliphatic heterocycles. The summed E-state index contributed by atoms with van der Waals surface area (Å²) in [5.41, 5.74) is 0. The van der Waals surface area contributed by atoms with Crippen LogP contribution in [0.4, 0.5) is 0 Å². The van der Waals surface area contributed by atoms with Crippen LogP contribution in [-0.2, 0) is 0 Å². The Bertz CT molecular complexity index is 112. The lowest BCUT2D eigenvalue weighted by molar-refractivity contribution is 1.02. The molecule has 0 amide bonds. The molecule has 0 aromatic carbocycles. The highest BCUT2D eigenvalue weighted by Crippen LogP contribution is 1.81. The Morgan fingerprint density at radius 3 is 2.67 bits per heavy atom. The Kier molecular flexibility index (Phi) is 0.759. The van der Waals surface area contributed by atoms with E-state index in [0.717, 1.165) is 0 Å². The summed E-state index contributed by atoms with van der Waals surface area (Å²) in [5.74, 6) is 0. The molecule has 0 fully saturated rings. The zero-order valence-electron chi connectivity index (χ0n) is 3.03. The van der Waals surface area contributed by atoms with Crippen LogP contribution < -0.4 is 0 Å². The van der Waals surface area contributed by atoms with Crippen molar-refractivity contribution in [3.63, 3.8) is 0 Å². The Morgan fingerprint density at radius 2 is 2.50 bits per heavy atom. The smallest absolute Gasteiger partial charge is 0.0504 e. The van der Waals surface area contributed by atoms with Crippen LogP contribution in [0.5, 0.6) is 0 Å². The molecule has 6 heavy (non-hydrogen) atoms. The summed E-state index contributed by atoms with van der Waals surface area (Å²) in [5, 5.41) is 3.65. The van der Waals surface area contributed by atoms with Crippen molar-refractivity contribution in [2.45, 2.75) is 0 Å². The molecule has 0 spiro atoms. The minimum Gasteiger partial charge on any atom is -0.183 e. The van der Waals surface area contributed by atoms with Crippen LogP contribution in [0.2, 0.25) is 0 Å². The van der Waals surface area contributed by atoms with E-state index in [1.807, 2.05) is 0 Å². The second-order valence-corrected chi connectivity index (χ2v) is 1.28. The first-order chi connectivity index (χ1) is 2.89. The molecule has 0 saturated heterocycles. The van der Waals surface area contributed by atoms with Crippen LogP contribution >= 0.6 is 12.8 Å². The van der Waals surface area contributed by atoms with E-state index in [2.05, 4.69) is 17.9 Å². The van der Waals surface area contributed by atoms with Crippen molar-refractivity contribution in [3.05, 3.63) is 18.5 Å². The van der Waals surface area contributed by atoms with Crippen molar-refractivity contribution in [2.75, 3.05) is 0 Å². The normalized spacial score (nSPS) is 8.67. The highest BCUT2D eigenvalue weighted by molar-refractivity contribution is 7.78. The minimum absolute atomic E-state index is 1.33. The molecule has 1 aromatic heterocycles. The van der Waals surface area contributed by atoms with Gasteiger partial charge in [0.15, 0.2) is 0 Å². The molecule has 31 valence electrons. The monoisotopic (exact) mass is 99.0 g/mol. The predicted octanol–water partition coefficient (Wildman–Crippen LogP) is 0.844. The van der Waals surface area contributed by atoms with Crippen LogP contribution in [0.3, 0.4) is 0 Å². The fourth-order valence-corrected chi connectivity index (χ4v) is 0.380. The second kappa shape index (κ2) is 1.26. The highest BCUT2D eigenvalue weighted by Gasteiger charge is 1.72. The van der Waals surface area contributed by atoms with Crippen LogP contribution in [0.15, 0.2) is 18.5 Å². The van der Waals surface area contributed by atoms with Crippen molar-refractivity contribution in [3.8, 4) is 0 Å². The number of hydrogen-bond donors (Lipinski definition) is 0. The average molecular weight is 99.1 g/mol. The molecule has 1 rings (SSSR count). The van der Waals surface area contributed by atoms with Gasteiger partial charge < -0.3 is 0 Å². The average Bonchev–Trinajstić information content (AvgIpc) is 1.86. The molecular weight excluding hydrogens is 96.1 g/mol. The molecule has 1 aromatic rings. The number of nitrogens with zero attached hydrogens (tertiary/aromatic N) is 2. The summed E-state index contributed by atoms with van der Waals surface area (Å²) >= 11 is 4.55. The molecular formula is C3H3N2S. The largest absolute Gasteiger partial charge is 0.183 e. The van der Waals surface area contributed by atoms with Gasteiger partial charge in [-0.1, -0.05) is 0 Å². The standard InChI is InChI=1S/C3H3N2S/c6-5-3-1-2-4-5/h1-3H. The number of aromatic nitrogens is 2. The quantitative estimate of drug-likeness (QED) is 0.471. The summed E-state index contributed by atoms with van der Waals surface area (Å²) in [6.45, 7) is 0. The highest BCUT2D eigenvalue weighted by atomic mass is 32.1. The lowest BCUT2D eigenvalue weighted by Gasteiger charge is -1.72. The van der Waals surface area contributed by atoms with Crippen LogP contribution in [0.1, 0.15) is 0 Å². The first kappa shape index (κ1) is 3.61. The first-order valence-corrected chi connectivity index (χ1v) is 1.93. The molecule has 0 unspecified atom stereocenters. The lowest BCUT2D eigenvalue weighted by atomic mass is 10.8. The summed E-state index contributed by atoms with van der Waals surface area (Å²) < 4.78 is 1.33. The van der Waals surface area contributed by atoms with Gasteiger partial charge in [-0.25, -0.2) is 0 Å². The van der Waals surface area contributed by atoms with Crippen molar-refractivity contribution < 1.29 is 0 Å². The van der Waals surface area contributed by atoms with Gasteiger partial charge in [-0.2, -0.15) is 9.19 Å². The maximum atomic E-state index is 4.55. The molecule has 0 saturated carbocycles. The summed E-state index contributed by atoms with van der Waals surface area (Å²) in [4.78, 5) is 0. The predicted molar refractivity (Wildman–Crippen MR) is 25.2 cm³/mol. The van der Waals surface area contributed by atoms with Crippen molar-refractivity contribution >= 4 is 12.8 Å². The SMILES string of the molecule is [S]n1cccn1. The summed E-state index contributed by atoms with van der Waals surface area (Å²) in [6.07, 6.45) is 3.35. The van der Waals surface area contributed by atoms with E-state index in [9.17, 15) is 0 Å². The van der Waals surface area contributed by atoms with Crippen molar-refractivity contribution in [1.82, 2.24) is 9.19 Å². The molecule has 1 heterocycles. The van der Waals surface area contributed by atoms with Gasteiger partial charge in [-0.3, -0.25) is 0 Å². The van der Waals surface area contributed by atoms with Crippen molar-refractivity contribution in [2.24, 2.45) is 0 Å². The number of hydrogen-bond acceptors (Lipinski definition) is 1. The Morgan fingerprint density at radius 1 is 1.67 bits per heavy atom. The fourth-order valence-electron chi connectivity index (χ4n) is 0.255. The van der Waals surface area contributed by atoms with E-state index in [0.29, 0.717) is 0 Å². The van der Waals surface area contributed by atoms with E-state index in [-0.39, 0.29) is 0 Å². The van der Waals surface area contributed by atoms with Crippen LogP contribution in [-0.4, -0.2) is 9.19 Å². The Balaban J connectivity index is 3.05. The third kappa shape index (κ3) is 0.490. The third-order valence-electron chi connectivity index (χ3n) is 0.480. The Hall–Kier alpha value is -0.570. The maximum absolute atomic E-state index is 4.55. The molecule has 3 heteroatoms. The molecule has 0 aliphatic rings. The van der Waals surface area contributed by atoms with E-state index in [1.54, 1.807) is 18.5 Å². The van der Waals surface area contributed by atoms with Gasteiger partial charge in [0.25, 0.3) is 0 Å². The Labute approximate surface area is 41.3 Å². The molecule has 2 nitrogen and oxygen atoms in total. The van der Waals surface area contributed by atoms with E-state index < -0.39 is 0 Å². The first-order valence-electron chi connectivity index (χ1n) is 1.57. The van der Waals surface area contributed by atoms with Gasteiger partial charge in [-0.05, 0) is 6.07 Å². The van der Waals surface area contributed by atoms with Crippen LogP contribution in [0, 0.1) is 0 Å². The molecule has 0 aliphatic carbocycles. The number of rotatable bonds is 0. The van der Waals surface area contributed by atoms with Crippen molar-refractivity contribution in [1.29, 1.82) is 0 Å². The zero-order chi connectivity index (χ0) is 4.41. The zero-order valence-corrected chi connectivity index (χ0v) is 3.85. The van der Waals surface area contributed by atoms with E-state index >= 15 is 0 Å². The van der Waals surface area contributed by atoms with Gasteiger partial charge in [0.05, 0.1) is 6.20 Å². The minimum atomic E-state index is 1.33. The maximum Gasteiger partial charge on any atom is 0.0504 e. The molecule has 1 radical (unpaired) electrons. The van der Waals surface area contributed by atoms with Crippen LogP contribution in [0.25, 0.3) is 0 Å². The summed E-state index contributed by atoms with van der Waals surface area (Å²) in [7, 11) is 0. The second-order valence-electron chi connectivity index (χ2n) is 0.909. The molecule has 0 atom stereocenters. The van der Waals surface area contributed by atoms with Gasteiger partial charge in [0, 0.05) is 19.0 Å². The van der Waals surface area contributed by atoms with Gasteiger partial charge in [-0.15, -0.1) is 0 Å². The molecule has 0 bridgehead atoms. The third-order valence-corrected chi connectivity index (χ3v) is 0.696. The van der Waals surface area contributed by atoms with E-state index in [1.165, 1.54) is 4.09 Å². The van der Waals surface area contributed by atoms with Gasteiger partial charge in [0.2, 0.25) is 0 Å².